The maximum Gasteiger partial charge on any atom is 0.191 e. The Kier molecular flexibility index (Phi) is 9.38. The molecule has 0 aromatic heterocycles. The number of aryl methyl sites for hydroxylation is 1. The van der Waals surface area contributed by atoms with Gasteiger partial charge in [-0.1, -0.05) is 26.0 Å². The normalized spacial score (nSPS) is 13.2. The van der Waals surface area contributed by atoms with E-state index in [1.165, 1.54) is 6.07 Å². The Morgan fingerprint density at radius 2 is 2.04 bits per heavy atom. The minimum Gasteiger partial charge on any atom is -0.396 e. The summed E-state index contributed by atoms with van der Waals surface area (Å²) in [7, 11) is 0. The summed E-state index contributed by atoms with van der Waals surface area (Å²) in [6.07, 6.45) is 1.85. The van der Waals surface area contributed by atoms with Crippen LogP contribution < -0.4 is 10.6 Å². The van der Waals surface area contributed by atoms with Crippen LogP contribution in [-0.4, -0.2) is 30.8 Å². The van der Waals surface area contributed by atoms with Gasteiger partial charge < -0.3 is 15.7 Å². The van der Waals surface area contributed by atoms with Crippen LogP contribution in [0.15, 0.2) is 23.2 Å². The van der Waals surface area contributed by atoms with Crippen LogP contribution in [-0.2, 0) is 6.54 Å². The van der Waals surface area contributed by atoms with E-state index in [1.54, 1.807) is 13.0 Å². The van der Waals surface area contributed by atoms with Crippen molar-refractivity contribution < 1.29 is 9.50 Å². The van der Waals surface area contributed by atoms with Crippen LogP contribution in [0.4, 0.5) is 4.39 Å². The molecule has 0 bridgehead atoms. The summed E-state index contributed by atoms with van der Waals surface area (Å²) in [5, 5.41) is 15.8. The lowest BCUT2D eigenvalue weighted by molar-refractivity contribution is 0.243. The van der Waals surface area contributed by atoms with Gasteiger partial charge in [0.15, 0.2) is 5.96 Å². The third-order valence-corrected chi connectivity index (χ3v) is 3.90. The first-order valence-corrected chi connectivity index (χ1v) is 8.84. The summed E-state index contributed by atoms with van der Waals surface area (Å²) in [6.45, 7) is 10.3. The molecule has 0 amide bonds. The zero-order valence-corrected chi connectivity index (χ0v) is 15.4. The molecule has 1 atom stereocenters. The molecule has 0 aliphatic rings. The first-order chi connectivity index (χ1) is 11.5. The van der Waals surface area contributed by atoms with E-state index in [2.05, 4.69) is 29.5 Å². The highest BCUT2D eigenvalue weighted by Crippen LogP contribution is 2.14. The second kappa shape index (κ2) is 11.0. The van der Waals surface area contributed by atoms with Gasteiger partial charge in [-0.25, -0.2) is 9.38 Å². The fraction of sp³-hybridized carbons (Fsp3) is 0.632. The van der Waals surface area contributed by atoms with E-state index in [4.69, 9.17) is 0 Å². The summed E-state index contributed by atoms with van der Waals surface area (Å²) in [6, 6.07) is 5.22. The molecule has 0 heterocycles. The number of hydrogen-bond acceptors (Lipinski definition) is 2. The fourth-order valence-corrected chi connectivity index (χ4v) is 2.64. The monoisotopic (exact) mass is 337 g/mol. The number of aliphatic hydroxyl groups is 1. The molecule has 0 saturated heterocycles. The zero-order chi connectivity index (χ0) is 17.9. The van der Waals surface area contributed by atoms with Crippen molar-refractivity contribution in [2.45, 2.75) is 47.1 Å². The van der Waals surface area contributed by atoms with Crippen molar-refractivity contribution in [3.63, 3.8) is 0 Å². The predicted octanol–water partition coefficient (Wildman–Crippen LogP) is 3.23. The molecule has 4 nitrogen and oxygen atoms in total. The topological polar surface area (TPSA) is 56.7 Å². The minimum absolute atomic E-state index is 0.194. The highest BCUT2D eigenvalue weighted by atomic mass is 19.1. The maximum absolute atomic E-state index is 13.6. The van der Waals surface area contributed by atoms with E-state index >= 15 is 0 Å². The molecule has 1 unspecified atom stereocenters. The molecule has 0 aliphatic carbocycles. The summed E-state index contributed by atoms with van der Waals surface area (Å²) in [5.74, 6) is 1.54. The van der Waals surface area contributed by atoms with Crippen LogP contribution in [0.2, 0.25) is 0 Å². The first kappa shape index (κ1) is 20.4. The third-order valence-electron chi connectivity index (χ3n) is 3.90. The van der Waals surface area contributed by atoms with Crippen LogP contribution >= 0.6 is 0 Å². The second-order valence-corrected chi connectivity index (χ2v) is 6.67. The fourth-order valence-electron chi connectivity index (χ4n) is 2.64. The molecule has 5 heteroatoms. The van der Waals surface area contributed by atoms with Crippen LogP contribution in [0, 0.1) is 24.6 Å². The number of guanidine groups is 1. The number of hydrogen-bond donors (Lipinski definition) is 3. The first-order valence-electron chi connectivity index (χ1n) is 8.84. The molecule has 0 saturated carbocycles. The van der Waals surface area contributed by atoms with Crippen molar-refractivity contribution in [2.24, 2.45) is 16.8 Å². The Bertz CT molecular complexity index is 517. The summed E-state index contributed by atoms with van der Waals surface area (Å²) in [5.41, 5.74) is 1.50. The molecule has 1 aromatic carbocycles. The minimum atomic E-state index is -0.194. The van der Waals surface area contributed by atoms with E-state index in [0.717, 1.165) is 37.5 Å². The summed E-state index contributed by atoms with van der Waals surface area (Å²) >= 11 is 0. The van der Waals surface area contributed by atoms with Gasteiger partial charge >= 0.3 is 0 Å². The number of aliphatic hydroxyl groups excluding tert-OH is 1. The van der Waals surface area contributed by atoms with Crippen molar-refractivity contribution in [1.29, 1.82) is 0 Å². The summed E-state index contributed by atoms with van der Waals surface area (Å²) < 4.78 is 13.6. The van der Waals surface area contributed by atoms with Gasteiger partial charge in [-0.15, -0.1) is 0 Å². The van der Waals surface area contributed by atoms with Gasteiger partial charge in [0, 0.05) is 19.7 Å². The van der Waals surface area contributed by atoms with E-state index < -0.39 is 0 Å². The molecule has 0 radical (unpaired) electrons. The molecule has 136 valence electrons. The van der Waals surface area contributed by atoms with E-state index in [9.17, 15) is 9.50 Å². The van der Waals surface area contributed by atoms with Gasteiger partial charge in [0.2, 0.25) is 0 Å². The van der Waals surface area contributed by atoms with Gasteiger partial charge in [0.25, 0.3) is 0 Å². The number of benzene rings is 1. The Labute approximate surface area is 145 Å². The SMILES string of the molecule is CCNC(=NCc1ccc(C)c(F)c1)NCC(CCO)CC(C)C. The number of aliphatic imine (C=N–C) groups is 1. The molecule has 1 rings (SSSR count). The van der Waals surface area contributed by atoms with Crippen molar-refractivity contribution in [1.82, 2.24) is 10.6 Å². The molecule has 3 N–H and O–H groups in total. The molecular weight excluding hydrogens is 305 g/mol. The van der Waals surface area contributed by atoms with Crippen LogP contribution in [0.25, 0.3) is 0 Å². The van der Waals surface area contributed by atoms with Gasteiger partial charge in [0.05, 0.1) is 6.54 Å². The van der Waals surface area contributed by atoms with Gasteiger partial charge in [-0.3, -0.25) is 0 Å². The molecule has 24 heavy (non-hydrogen) atoms. The number of nitrogens with zero attached hydrogens (tertiary/aromatic N) is 1. The lowest BCUT2D eigenvalue weighted by atomic mass is 9.94. The maximum atomic E-state index is 13.6. The number of halogens is 1. The van der Waals surface area contributed by atoms with Crippen LogP contribution in [0.5, 0.6) is 0 Å². The Morgan fingerprint density at radius 3 is 2.62 bits per heavy atom. The molecule has 1 aromatic rings. The number of rotatable bonds is 9. The lowest BCUT2D eigenvalue weighted by Gasteiger charge is -2.20. The largest absolute Gasteiger partial charge is 0.396 e. The highest BCUT2D eigenvalue weighted by molar-refractivity contribution is 5.79. The summed E-state index contributed by atoms with van der Waals surface area (Å²) in [4.78, 5) is 4.53. The van der Waals surface area contributed by atoms with Gasteiger partial charge in [0.1, 0.15) is 5.82 Å². The van der Waals surface area contributed by atoms with Crippen molar-refractivity contribution in [3.8, 4) is 0 Å². The lowest BCUT2D eigenvalue weighted by Crippen LogP contribution is -2.40. The average molecular weight is 337 g/mol. The van der Waals surface area contributed by atoms with E-state index in [0.29, 0.717) is 23.9 Å². The second-order valence-electron chi connectivity index (χ2n) is 6.67. The smallest absolute Gasteiger partial charge is 0.191 e. The van der Waals surface area contributed by atoms with E-state index in [-0.39, 0.29) is 12.4 Å². The molecular formula is C19H32FN3O. The van der Waals surface area contributed by atoms with Crippen molar-refractivity contribution in [3.05, 3.63) is 35.1 Å². The standard InChI is InChI=1S/C19H32FN3O/c1-5-21-19(23-13-17(8-9-24)10-14(2)3)22-12-16-7-6-15(4)18(20)11-16/h6-7,11,14,17,24H,5,8-10,12-13H2,1-4H3,(H2,21,22,23). The van der Waals surface area contributed by atoms with E-state index in [1.807, 2.05) is 13.0 Å². The molecule has 0 aliphatic heterocycles. The van der Waals surface area contributed by atoms with Gasteiger partial charge in [-0.2, -0.15) is 0 Å². The highest BCUT2D eigenvalue weighted by Gasteiger charge is 2.11. The van der Waals surface area contributed by atoms with Crippen molar-refractivity contribution in [2.75, 3.05) is 19.7 Å². The Morgan fingerprint density at radius 1 is 1.29 bits per heavy atom. The van der Waals surface area contributed by atoms with Crippen molar-refractivity contribution >= 4 is 5.96 Å². The Balaban J connectivity index is 2.65. The van der Waals surface area contributed by atoms with Crippen LogP contribution in [0.3, 0.4) is 0 Å². The van der Waals surface area contributed by atoms with Crippen LogP contribution in [0.1, 0.15) is 44.7 Å². The van der Waals surface area contributed by atoms with Gasteiger partial charge in [-0.05, 0) is 55.7 Å². The quantitative estimate of drug-likeness (QED) is 0.479. The number of nitrogens with one attached hydrogen (secondary N) is 2. The Hall–Kier alpha value is -1.62. The molecule has 0 spiro atoms. The predicted molar refractivity (Wildman–Crippen MR) is 98.6 cm³/mol. The third kappa shape index (κ3) is 7.77. The molecule has 0 fully saturated rings. The zero-order valence-electron chi connectivity index (χ0n) is 15.4. The average Bonchev–Trinajstić information content (AvgIpc) is 2.52.